The van der Waals surface area contributed by atoms with E-state index in [4.69, 9.17) is 0 Å². The van der Waals surface area contributed by atoms with Crippen molar-refractivity contribution in [2.75, 3.05) is 0 Å². The van der Waals surface area contributed by atoms with Gasteiger partial charge in [0.2, 0.25) is 0 Å². The van der Waals surface area contributed by atoms with Gasteiger partial charge in [-0.15, -0.1) is 0 Å². The Kier molecular flexibility index (Phi) is 1.61. The predicted octanol–water partition coefficient (Wildman–Crippen LogP) is 1.37. The van der Waals surface area contributed by atoms with E-state index in [0.29, 0.717) is 12.8 Å². The largest absolute Gasteiger partial charge is 0.387 e. The van der Waals surface area contributed by atoms with Crippen molar-refractivity contribution in [3.8, 4) is 0 Å². The number of hydrogen-bond acceptors (Lipinski definition) is 2. The van der Waals surface area contributed by atoms with Crippen LogP contribution in [0.2, 0.25) is 0 Å². The second-order valence-electron chi connectivity index (χ2n) is 4.35. The Labute approximate surface area is 72.9 Å². The molecule has 0 bridgehead atoms. The Morgan fingerprint density at radius 1 is 1.25 bits per heavy atom. The molecule has 0 aromatic heterocycles. The van der Waals surface area contributed by atoms with Gasteiger partial charge < -0.3 is 10.2 Å². The van der Waals surface area contributed by atoms with Gasteiger partial charge in [-0.3, -0.25) is 0 Å². The maximum Gasteiger partial charge on any atom is 0.0973 e. The van der Waals surface area contributed by atoms with E-state index in [9.17, 15) is 10.2 Å². The molecule has 0 radical (unpaired) electrons. The normalized spacial score (nSPS) is 47.1. The molecule has 1 fully saturated rings. The molecule has 0 amide bonds. The fourth-order valence-corrected chi connectivity index (χ4v) is 2.56. The van der Waals surface area contributed by atoms with Gasteiger partial charge in [-0.05, 0) is 39.0 Å². The summed E-state index contributed by atoms with van der Waals surface area (Å²) >= 11 is 0. The first-order valence-corrected chi connectivity index (χ1v) is 4.66. The van der Waals surface area contributed by atoms with Crippen LogP contribution in [0, 0.1) is 0 Å². The average molecular weight is 168 g/mol. The molecule has 0 aliphatic heterocycles. The van der Waals surface area contributed by atoms with Gasteiger partial charge in [0.25, 0.3) is 0 Å². The Bertz CT molecular complexity index is 234. The summed E-state index contributed by atoms with van der Waals surface area (Å²) in [5, 5.41) is 20.2. The standard InChI is InChI=1S/C10H16O2/c1-8-3-6-9(11)4-2-5-10(9,12)7-8/h3,11-12H,2,4-7H2,1H3/t9-,10+/m0/s1. The molecular weight excluding hydrogens is 152 g/mol. The highest BCUT2D eigenvalue weighted by atomic mass is 16.4. The lowest BCUT2D eigenvalue weighted by atomic mass is 9.75. The molecule has 0 unspecified atom stereocenters. The Hall–Kier alpha value is -0.340. The summed E-state index contributed by atoms with van der Waals surface area (Å²) in [4.78, 5) is 0. The van der Waals surface area contributed by atoms with Crippen LogP contribution in [0.4, 0.5) is 0 Å². The molecular formula is C10H16O2. The van der Waals surface area contributed by atoms with E-state index in [-0.39, 0.29) is 0 Å². The molecule has 68 valence electrons. The van der Waals surface area contributed by atoms with Crippen molar-refractivity contribution in [2.45, 2.75) is 50.2 Å². The molecule has 12 heavy (non-hydrogen) atoms. The molecule has 2 N–H and O–H groups in total. The van der Waals surface area contributed by atoms with Crippen molar-refractivity contribution < 1.29 is 10.2 Å². The Balaban J connectivity index is 2.33. The molecule has 0 aromatic rings. The predicted molar refractivity (Wildman–Crippen MR) is 46.7 cm³/mol. The molecule has 1 saturated carbocycles. The smallest absolute Gasteiger partial charge is 0.0973 e. The molecule has 0 heterocycles. The van der Waals surface area contributed by atoms with Gasteiger partial charge >= 0.3 is 0 Å². The molecule has 0 aromatic carbocycles. The summed E-state index contributed by atoms with van der Waals surface area (Å²) in [5.41, 5.74) is -0.415. The molecule has 0 saturated heterocycles. The van der Waals surface area contributed by atoms with Gasteiger partial charge in [-0.2, -0.15) is 0 Å². The molecule has 2 nitrogen and oxygen atoms in total. The third-order valence-electron chi connectivity index (χ3n) is 3.41. The summed E-state index contributed by atoms with van der Waals surface area (Å²) in [7, 11) is 0. The van der Waals surface area contributed by atoms with Crippen LogP contribution in [0.1, 0.15) is 39.0 Å². The molecule has 2 aliphatic rings. The number of fused-ring (bicyclic) bond motifs is 1. The van der Waals surface area contributed by atoms with Gasteiger partial charge in [0.15, 0.2) is 0 Å². The highest BCUT2D eigenvalue weighted by Gasteiger charge is 2.53. The first-order valence-electron chi connectivity index (χ1n) is 4.66. The summed E-state index contributed by atoms with van der Waals surface area (Å²) in [6, 6.07) is 0. The summed E-state index contributed by atoms with van der Waals surface area (Å²) in [5.74, 6) is 0. The van der Waals surface area contributed by atoms with E-state index in [0.717, 1.165) is 19.3 Å². The third kappa shape index (κ3) is 0.947. The van der Waals surface area contributed by atoms with Crippen LogP contribution < -0.4 is 0 Å². The van der Waals surface area contributed by atoms with Gasteiger partial charge in [0, 0.05) is 0 Å². The summed E-state index contributed by atoms with van der Waals surface area (Å²) < 4.78 is 0. The summed E-state index contributed by atoms with van der Waals surface area (Å²) in [6.07, 6.45) is 5.81. The maximum absolute atomic E-state index is 10.1. The Morgan fingerprint density at radius 3 is 2.67 bits per heavy atom. The topological polar surface area (TPSA) is 40.5 Å². The van der Waals surface area contributed by atoms with Crippen LogP contribution in [0.5, 0.6) is 0 Å². The van der Waals surface area contributed by atoms with Gasteiger partial charge in [0.05, 0.1) is 11.2 Å². The minimum Gasteiger partial charge on any atom is -0.387 e. The van der Waals surface area contributed by atoms with Gasteiger partial charge in [-0.25, -0.2) is 0 Å². The van der Waals surface area contributed by atoms with E-state index < -0.39 is 11.2 Å². The number of rotatable bonds is 0. The zero-order chi connectivity index (χ0) is 8.82. The summed E-state index contributed by atoms with van der Waals surface area (Å²) in [6.45, 7) is 2.02. The van der Waals surface area contributed by atoms with Crippen molar-refractivity contribution in [2.24, 2.45) is 0 Å². The van der Waals surface area contributed by atoms with Crippen molar-refractivity contribution >= 4 is 0 Å². The third-order valence-corrected chi connectivity index (χ3v) is 3.41. The molecule has 2 aliphatic carbocycles. The van der Waals surface area contributed by atoms with E-state index >= 15 is 0 Å². The van der Waals surface area contributed by atoms with Crippen molar-refractivity contribution in [1.82, 2.24) is 0 Å². The van der Waals surface area contributed by atoms with Crippen LogP contribution in [0.3, 0.4) is 0 Å². The number of hydrogen-bond donors (Lipinski definition) is 2. The second-order valence-corrected chi connectivity index (χ2v) is 4.35. The second kappa shape index (κ2) is 2.33. The average Bonchev–Trinajstić information content (AvgIpc) is 2.26. The zero-order valence-electron chi connectivity index (χ0n) is 7.51. The first kappa shape index (κ1) is 8.27. The lowest BCUT2D eigenvalue weighted by molar-refractivity contribution is -0.132. The molecule has 0 spiro atoms. The van der Waals surface area contributed by atoms with Crippen LogP contribution in [0.25, 0.3) is 0 Å². The first-order chi connectivity index (χ1) is 5.56. The highest BCUT2D eigenvalue weighted by Crippen LogP contribution is 2.47. The van der Waals surface area contributed by atoms with Gasteiger partial charge in [0.1, 0.15) is 0 Å². The van der Waals surface area contributed by atoms with E-state index in [1.807, 2.05) is 6.92 Å². The fraction of sp³-hybridized carbons (Fsp3) is 0.800. The molecule has 2 heteroatoms. The van der Waals surface area contributed by atoms with Crippen LogP contribution in [-0.2, 0) is 0 Å². The van der Waals surface area contributed by atoms with Crippen LogP contribution in [0.15, 0.2) is 11.6 Å². The highest BCUT2D eigenvalue weighted by molar-refractivity contribution is 5.20. The quantitative estimate of drug-likeness (QED) is 0.536. The monoisotopic (exact) mass is 168 g/mol. The zero-order valence-corrected chi connectivity index (χ0v) is 7.51. The minimum atomic E-state index is -0.814. The maximum atomic E-state index is 10.1. The van der Waals surface area contributed by atoms with Gasteiger partial charge in [-0.1, -0.05) is 11.6 Å². The van der Waals surface area contributed by atoms with Crippen LogP contribution >= 0.6 is 0 Å². The molecule has 2 rings (SSSR count). The van der Waals surface area contributed by atoms with Crippen molar-refractivity contribution in [1.29, 1.82) is 0 Å². The SMILES string of the molecule is CC1=CC[C@@]2(O)CCC[C@@]2(O)C1. The lowest BCUT2D eigenvalue weighted by Crippen LogP contribution is -2.51. The minimum absolute atomic E-state index is 0.634. The number of aliphatic hydroxyl groups is 2. The lowest BCUT2D eigenvalue weighted by Gasteiger charge is -2.41. The van der Waals surface area contributed by atoms with E-state index in [2.05, 4.69) is 6.08 Å². The Morgan fingerprint density at radius 2 is 1.92 bits per heavy atom. The van der Waals surface area contributed by atoms with E-state index in [1.54, 1.807) is 0 Å². The van der Waals surface area contributed by atoms with Crippen molar-refractivity contribution in [3.05, 3.63) is 11.6 Å². The molecule has 2 atom stereocenters. The van der Waals surface area contributed by atoms with Crippen molar-refractivity contribution in [3.63, 3.8) is 0 Å². The van der Waals surface area contributed by atoms with E-state index in [1.165, 1.54) is 5.57 Å². The van der Waals surface area contributed by atoms with Crippen LogP contribution in [-0.4, -0.2) is 21.4 Å². The fourth-order valence-electron chi connectivity index (χ4n) is 2.56.